The van der Waals surface area contributed by atoms with Gasteiger partial charge in [0.25, 0.3) is 0 Å². The number of aromatic nitrogens is 3. The maximum absolute atomic E-state index is 10.4. The lowest BCUT2D eigenvalue weighted by molar-refractivity contribution is 0.174. The van der Waals surface area contributed by atoms with Gasteiger partial charge in [-0.15, -0.1) is 0 Å². The number of nitrogens with one attached hydrogen (secondary N) is 2. The first-order valence-electron chi connectivity index (χ1n) is 9.78. The summed E-state index contributed by atoms with van der Waals surface area (Å²) in [6.45, 7) is 0.848. The Hall–Kier alpha value is -3.71. The van der Waals surface area contributed by atoms with E-state index in [2.05, 4.69) is 15.3 Å². The predicted octanol–water partition coefficient (Wildman–Crippen LogP) is 4.88. The molecule has 5 rings (SSSR count). The van der Waals surface area contributed by atoms with Crippen LogP contribution in [0.25, 0.3) is 22.4 Å². The Labute approximate surface area is 183 Å². The minimum atomic E-state index is 0.107. The minimum absolute atomic E-state index is 0.107. The second kappa shape index (κ2) is 8.20. The first-order chi connectivity index (χ1) is 15.2. The zero-order valence-electron chi connectivity index (χ0n) is 16.4. The molecule has 3 heterocycles. The van der Waals surface area contributed by atoms with Gasteiger partial charge in [0.2, 0.25) is 6.79 Å². The molecule has 2 aromatic heterocycles. The largest absolute Gasteiger partial charge is 0.507 e. The average molecular weight is 435 g/mol. The van der Waals surface area contributed by atoms with Gasteiger partial charge in [0.1, 0.15) is 11.6 Å². The number of rotatable bonds is 6. The number of pyridine rings is 1. The first kappa shape index (κ1) is 19.3. The van der Waals surface area contributed by atoms with Crippen LogP contribution in [0.5, 0.6) is 17.2 Å². The molecule has 0 radical (unpaired) electrons. The molecule has 0 bridgehead atoms. The lowest BCUT2D eigenvalue weighted by Crippen LogP contribution is -2.07. The summed E-state index contributed by atoms with van der Waals surface area (Å²) in [5.74, 6) is 2.17. The molecule has 0 saturated carbocycles. The molecule has 0 amide bonds. The van der Waals surface area contributed by atoms with Gasteiger partial charge in [0.15, 0.2) is 11.5 Å². The van der Waals surface area contributed by atoms with Crippen molar-refractivity contribution in [3.05, 3.63) is 71.8 Å². The molecule has 0 saturated heterocycles. The Bertz CT molecular complexity index is 1230. The van der Waals surface area contributed by atoms with Gasteiger partial charge in [-0.05, 0) is 42.0 Å². The zero-order valence-corrected chi connectivity index (χ0v) is 17.2. The molecule has 8 heteroatoms. The van der Waals surface area contributed by atoms with Crippen molar-refractivity contribution < 1.29 is 14.6 Å². The maximum Gasteiger partial charge on any atom is 0.231 e. The predicted molar refractivity (Wildman–Crippen MR) is 119 cm³/mol. The Kier molecular flexibility index (Phi) is 5.09. The van der Waals surface area contributed by atoms with E-state index in [1.807, 2.05) is 30.3 Å². The van der Waals surface area contributed by atoms with Gasteiger partial charge in [-0.3, -0.25) is 0 Å². The number of phenolic OH excluding ortho intramolecular Hbond substituents is 1. The van der Waals surface area contributed by atoms with E-state index in [0.717, 1.165) is 23.2 Å². The molecule has 0 unspecified atom stereocenters. The van der Waals surface area contributed by atoms with Crippen molar-refractivity contribution >= 4 is 17.4 Å². The molecular weight excluding hydrogens is 416 g/mol. The molecule has 4 aromatic rings. The standard InChI is InChI=1S/C23H19ClN4O3/c24-15-4-5-20(29)18(10-15)19-8-14(17-2-1-3-21-23(17)31-13-30-21)9-22(28-19)26-7-6-16-11-25-12-27-16/h1-5,8-12,29H,6-7,13H2,(H,25,27)(H,26,28). The molecule has 31 heavy (non-hydrogen) atoms. The normalized spacial score (nSPS) is 12.2. The van der Waals surface area contributed by atoms with E-state index >= 15 is 0 Å². The van der Waals surface area contributed by atoms with Gasteiger partial charge in [0, 0.05) is 41.0 Å². The summed E-state index contributed by atoms with van der Waals surface area (Å²) in [7, 11) is 0. The zero-order chi connectivity index (χ0) is 21.2. The van der Waals surface area contributed by atoms with Crippen LogP contribution >= 0.6 is 11.6 Å². The van der Waals surface area contributed by atoms with Crippen molar-refractivity contribution in [1.82, 2.24) is 15.0 Å². The Balaban J connectivity index is 1.55. The number of fused-ring (bicyclic) bond motifs is 1. The number of benzene rings is 2. The fraction of sp³-hybridized carbons (Fsp3) is 0.130. The highest BCUT2D eigenvalue weighted by molar-refractivity contribution is 6.31. The highest BCUT2D eigenvalue weighted by atomic mass is 35.5. The summed E-state index contributed by atoms with van der Waals surface area (Å²) < 4.78 is 11.2. The summed E-state index contributed by atoms with van der Waals surface area (Å²) in [5.41, 5.74) is 3.95. The fourth-order valence-corrected chi connectivity index (χ4v) is 3.70. The first-order valence-corrected chi connectivity index (χ1v) is 10.2. The van der Waals surface area contributed by atoms with Crippen LogP contribution in [-0.4, -0.2) is 33.4 Å². The summed E-state index contributed by atoms with van der Waals surface area (Å²) >= 11 is 6.18. The third kappa shape index (κ3) is 4.00. The van der Waals surface area contributed by atoms with Crippen LogP contribution in [0.3, 0.4) is 0 Å². The Morgan fingerprint density at radius 1 is 1.10 bits per heavy atom. The molecular formula is C23H19ClN4O3. The molecule has 0 fully saturated rings. The molecule has 2 aromatic carbocycles. The number of para-hydroxylation sites is 1. The SMILES string of the molecule is Oc1ccc(Cl)cc1-c1cc(-c2cccc3c2OCO3)cc(NCCc2cnc[nH]2)n1. The number of imidazole rings is 1. The molecule has 0 spiro atoms. The van der Waals surface area contributed by atoms with Crippen LogP contribution in [0.2, 0.25) is 5.02 Å². The van der Waals surface area contributed by atoms with Crippen molar-refractivity contribution in [2.75, 3.05) is 18.7 Å². The highest BCUT2D eigenvalue weighted by Crippen LogP contribution is 2.43. The number of ether oxygens (including phenoxy) is 2. The van der Waals surface area contributed by atoms with Crippen molar-refractivity contribution in [3.63, 3.8) is 0 Å². The molecule has 1 aliphatic heterocycles. The van der Waals surface area contributed by atoms with Crippen molar-refractivity contribution in [2.45, 2.75) is 6.42 Å². The molecule has 3 N–H and O–H groups in total. The monoisotopic (exact) mass is 434 g/mol. The van der Waals surface area contributed by atoms with E-state index in [9.17, 15) is 5.11 Å². The third-order valence-corrected chi connectivity index (χ3v) is 5.26. The molecule has 0 atom stereocenters. The van der Waals surface area contributed by atoms with E-state index in [1.54, 1.807) is 30.7 Å². The van der Waals surface area contributed by atoms with Gasteiger partial charge in [-0.2, -0.15) is 0 Å². The fourth-order valence-electron chi connectivity index (χ4n) is 3.53. The number of halogens is 1. The quantitative estimate of drug-likeness (QED) is 0.400. The van der Waals surface area contributed by atoms with Gasteiger partial charge >= 0.3 is 0 Å². The van der Waals surface area contributed by atoms with Crippen LogP contribution in [0.15, 0.2) is 61.1 Å². The molecule has 7 nitrogen and oxygen atoms in total. The molecule has 1 aliphatic rings. The number of phenols is 1. The smallest absolute Gasteiger partial charge is 0.231 e. The van der Waals surface area contributed by atoms with E-state index < -0.39 is 0 Å². The molecule has 0 aliphatic carbocycles. The van der Waals surface area contributed by atoms with E-state index in [1.165, 1.54) is 0 Å². The van der Waals surface area contributed by atoms with Gasteiger partial charge < -0.3 is 24.9 Å². The van der Waals surface area contributed by atoms with Crippen molar-refractivity contribution in [1.29, 1.82) is 0 Å². The van der Waals surface area contributed by atoms with Crippen LogP contribution < -0.4 is 14.8 Å². The number of nitrogens with zero attached hydrogens (tertiary/aromatic N) is 2. The Morgan fingerprint density at radius 3 is 2.90 bits per heavy atom. The number of hydrogen-bond donors (Lipinski definition) is 3. The van der Waals surface area contributed by atoms with Crippen molar-refractivity contribution in [2.24, 2.45) is 0 Å². The van der Waals surface area contributed by atoms with Gasteiger partial charge in [0.05, 0.1) is 12.0 Å². The number of hydrogen-bond acceptors (Lipinski definition) is 6. The van der Waals surface area contributed by atoms with Crippen LogP contribution in [0, 0.1) is 0 Å². The number of aromatic hydroxyl groups is 1. The summed E-state index contributed by atoms with van der Waals surface area (Å²) in [5, 5.41) is 14.3. The second-order valence-electron chi connectivity index (χ2n) is 7.08. The minimum Gasteiger partial charge on any atom is -0.507 e. The molecule has 156 valence electrons. The van der Waals surface area contributed by atoms with E-state index in [4.69, 9.17) is 26.1 Å². The topological polar surface area (TPSA) is 92.3 Å². The van der Waals surface area contributed by atoms with E-state index in [0.29, 0.717) is 40.1 Å². The summed E-state index contributed by atoms with van der Waals surface area (Å²) in [4.78, 5) is 11.8. The van der Waals surface area contributed by atoms with Crippen LogP contribution in [0.1, 0.15) is 5.69 Å². The summed E-state index contributed by atoms with van der Waals surface area (Å²) in [6.07, 6.45) is 4.22. The lowest BCUT2D eigenvalue weighted by atomic mass is 10.0. The maximum atomic E-state index is 10.4. The second-order valence-corrected chi connectivity index (χ2v) is 7.52. The number of H-pyrrole nitrogens is 1. The third-order valence-electron chi connectivity index (χ3n) is 5.02. The van der Waals surface area contributed by atoms with Crippen LogP contribution in [-0.2, 0) is 6.42 Å². The lowest BCUT2D eigenvalue weighted by Gasteiger charge is -2.13. The Morgan fingerprint density at radius 2 is 2.03 bits per heavy atom. The van der Waals surface area contributed by atoms with Crippen molar-refractivity contribution in [3.8, 4) is 39.6 Å². The van der Waals surface area contributed by atoms with Gasteiger partial charge in [-0.1, -0.05) is 23.7 Å². The average Bonchev–Trinajstić information content (AvgIpc) is 3.47. The highest BCUT2D eigenvalue weighted by Gasteiger charge is 2.20. The van der Waals surface area contributed by atoms with Crippen LogP contribution in [0.4, 0.5) is 5.82 Å². The van der Waals surface area contributed by atoms with Gasteiger partial charge in [-0.25, -0.2) is 9.97 Å². The van der Waals surface area contributed by atoms with E-state index in [-0.39, 0.29) is 12.5 Å². The summed E-state index contributed by atoms with van der Waals surface area (Å²) in [6, 6.07) is 14.5. The number of aromatic amines is 1. The number of anilines is 1.